The summed E-state index contributed by atoms with van der Waals surface area (Å²) in [7, 11) is 1.65. The Hall–Kier alpha value is -1.10. The zero-order valence-electron chi connectivity index (χ0n) is 12.0. The van der Waals surface area contributed by atoms with Crippen molar-refractivity contribution in [2.75, 3.05) is 20.3 Å². The van der Waals surface area contributed by atoms with E-state index in [0.717, 1.165) is 19.3 Å². The highest BCUT2D eigenvalue weighted by Gasteiger charge is 2.47. The summed E-state index contributed by atoms with van der Waals surface area (Å²) in [4.78, 5) is 26.5. The van der Waals surface area contributed by atoms with E-state index in [9.17, 15) is 9.59 Å². The molecule has 108 valence electrons. The van der Waals surface area contributed by atoms with Gasteiger partial charge in [-0.2, -0.15) is 0 Å². The molecule has 0 aromatic heterocycles. The molecule has 0 radical (unpaired) electrons. The molecular formula is C14H24N2O3. The topological polar surface area (TPSA) is 58.6 Å². The number of carbonyl (C=O) groups is 2. The van der Waals surface area contributed by atoms with Gasteiger partial charge < -0.3 is 15.0 Å². The van der Waals surface area contributed by atoms with Crippen molar-refractivity contribution in [3.63, 3.8) is 0 Å². The molecule has 1 aliphatic carbocycles. The molecule has 1 N–H and O–H groups in total. The lowest BCUT2D eigenvalue weighted by molar-refractivity contribution is -0.152. The molecule has 1 saturated carbocycles. The van der Waals surface area contributed by atoms with Gasteiger partial charge >= 0.3 is 0 Å². The van der Waals surface area contributed by atoms with Gasteiger partial charge in [-0.05, 0) is 31.1 Å². The van der Waals surface area contributed by atoms with Gasteiger partial charge in [0.1, 0.15) is 12.1 Å². The highest BCUT2D eigenvalue weighted by Crippen LogP contribution is 2.35. The van der Waals surface area contributed by atoms with Gasteiger partial charge in [0.05, 0.1) is 0 Å². The number of hydrogen-bond donors (Lipinski definition) is 1. The van der Waals surface area contributed by atoms with Crippen LogP contribution in [0.1, 0.15) is 33.1 Å². The van der Waals surface area contributed by atoms with Crippen LogP contribution in [0.5, 0.6) is 0 Å². The molecule has 2 fully saturated rings. The van der Waals surface area contributed by atoms with Crippen LogP contribution in [0, 0.1) is 11.8 Å². The molecular weight excluding hydrogens is 244 g/mol. The number of carbonyl (C=O) groups excluding carboxylic acids is 2. The summed E-state index contributed by atoms with van der Waals surface area (Å²) in [5.41, 5.74) is 0. The summed E-state index contributed by atoms with van der Waals surface area (Å²) in [5, 5.41) is 2.92. The normalized spacial score (nSPS) is 27.9. The zero-order valence-corrected chi connectivity index (χ0v) is 12.0. The summed E-state index contributed by atoms with van der Waals surface area (Å²) in [6.45, 7) is 5.19. The van der Waals surface area contributed by atoms with Crippen LogP contribution in [0.25, 0.3) is 0 Å². The number of piperazine rings is 1. The average Bonchev–Trinajstić information content (AvgIpc) is 3.16. The van der Waals surface area contributed by atoms with Crippen LogP contribution in [0.2, 0.25) is 0 Å². The van der Waals surface area contributed by atoms with Gasteiger partial charge in [0.15, 0.2) is 0 Å². The Balaban J connectivity index is 2.09. The molecule has 2 aliphatic rings. The molecule has 1 aliphatic heterocycles. The number of rotatable bonds is 6. The average molecular weight is 268 g/mol. The summed E-state index contributed by atoms with van der Waals surface area (Å²) < 4.78 is 5.04. The Bertz CT molecular complexity index is 353. The highest BCUT2D eigenvalue weighted by molar-refractivity contribution is 5.97. The van der Waals surface area contributed by atoms with Gasteiger partial charge in [-0.1, -0.05) is 13.8 Å². The van der Waals surface area contributed by atoms with E-state index in [1.165, 1.54) is 0 Å². The first kappa shape index (κ1) is 14.3. The second-order valence-electron chi connectivity index (χ2n) is 5.89. The van der Waals surface area contributed by atoms with E-state index < -0.39 is 0 Å². The first-order valence-electron chi connectivity index (χ1n) is 7.16. The second-order valence-corrected chi connectivity index (χ2v) is 5.89. The third-order valence-corrected chi connectivity index (χ3v) is 3.92. The summed E-state index contributed by atoms with van der Waals surface area (Å²) >= 11 is 0. The molecule has 2 amide bonds. The molecule has 5 nitrogen and oxygen atoms in total. The number of amides is 2. The van der Waals surface area contributed by atoms with Gasteiger partial charge in [0.2, 0.25) is 11.8 Å². The molecule has 0 bridgehead atoms. The molecule has 1 heterocycles. The minimum absolute atomic E-state index is 0.00363. The smallest absolute Gasteiger partial charge is 0.246 e. The largest absolute Gasteiger partial charge is 0.385 e. The SMILES string of the molecule is COCCCN1C(=O)C(C2CC2)NC(=O)C1C(C)C. The van der Waals surface area contributed by atoms with Crippen molar-refractivity contribution in [1.82, 2.24) is 10.2 Å². The molecule has 2 rings (SSSR count). The van der Waals surface area contributed by atoms with Crippen molar-refractivity contribution in [3.8, 4) is 0 Å². The number of nitrogens with one attached hydrogen (secondary N) is 1. The molecule has 0 aromatic rings. The standard InChI is InChI=1S/C14H24N2O3/c1-9(2)12-13(17)15-11(10-5-6-10)14(18)16(12)7-4-8-19-3/h9-12H,4-8H2,1-3H3,(H,15,17). The van der Waals surface area contributed by atoms with Crippen LogP contribution in [0.3, 0.4) is 0 Å². The number of hydrogen-bond acceptors (Lipinski definition) is 3. The predicted molar refractivity (Wildman–Crippen MR) is 71.5 cm³/mol. The maximum Gasteiger partial charge on any atom is 0.246 e. The van der Waals surface area contributed by atoms with Crippen LogP contribution < -0.4 is 5.32 Å². The molecule has 2 atom stereocenters. The fourth-order valence-corrected chi connectivity index (χ4v) is 2.80. The van der Waals surface area contributed by atoms with Crippen molar-refractivity contribution in [3.05, 3.63) is 0 Å². The van der Waals surface area contributed by atoms with E-state index in [4.69, 9.17) is 4.74 Å². The fraction of sp³-hybridized carbons (Fsp3) is 0.857. The summed E-state index contributed by atoms with van der Waals surface area (Å²) in [6.07, 6.45) is 2.88. The van der Waals surface area contributed by atoms with E-state index in [0.29, 0.717) is 19.1 Å². The Morgan fingerprint density at radius 3 is 2.58 bits per heavy atom. The van der Waals surface area contributed by atoms with Crippen LogP contribution in [-0.4, -0.2) is 49.1 Å². The summed E-state index contributed by atoms with van der Waals surface area (Å²) in [6, 6.07) is -0.621. The Morgan fingerprint density at radius 2 is 2.05 bits per heavy atom. The molecule has 1 saturated heterocycles. The number of methoxy groups -OCH3 is 1. The van der Waals surface area contributed by atoms with Crippen molar-refractivity contribution in [1.29, 1.82) is 0 Å². The first-order valence-corrected chi connectivity index (χ1v) is 7.16. The molecule has 2 unspecified atom stereocenters. The van der Waals surface area contributed by atoms with Crippen LogP contribution >= 0.6 is 0 Å². The number of ether oxygens (including phenoxy) is 1. The molecule has 19 heavy (non-hydrogen) atoms. The Labute approximate surface area is 114 Å². The lowest BCUT2D eigenvalue weighted by Gasteiger charge is -2.41. The van der Waals surface area contributed by atoms with Gasteiger partial charge in [-0.15, -0.1) is 0 Å². The summed E-state index contributed by atoms with van der Waals surface area (Å²) in [5.74, 6) is 0.585. The van der Waals surface area contributed by atoms with Crippen LogP contribution in [0.4, 0.5) is 0 Å². The number of nitrogens with zero attached hydrogens (tertiary/aromatic N) is 1. The quantitative estimate of drug-likeness (QED) is 0.724. The minimum Gasteiger partial charge on any atom is -0.385 e. The van der Waals surface area contributed by atoms with Crippen molar-refractivity contribution >= 4 is 11.8 Å². The van der Waals surface area contributed by atoms with Crippen LogP contribution in [-0.2, 0) is 14.3 Å². The van der Waals surface area contributed by atoms with E-state index in [1.54, 1.807) is 12.0 Å². The third-order valence-electron chi connectivity index (χ3n) is 3.92. The highest BCUT2D eigenvalue weighted by atomic mass is 16.5. The third kappa shape index (κ3) is 3.08. The zero-order chi connectivity index (χ0) is 14.0. The molecule has 5 heteroatoms. The van der Waals surface area contributed by atoms with Crippen molar-refractivity contribution in [2.45, 2.75) is 45.2 Å². The van der Waals surface area contributed by atoms with E-state index >= 15 is 0 Å². The van der Waals surface area contributed by atoms with Gasteiger partial charge in [0, 0.05) is 20.3 Å². The maximum atomic E-state index is 12.5. The van der Waals surface area contributed by atoms with Gasteiger partial charge in [0.25, 0.3) is 0 Å². The predicted octanol–water partition coefficient (Wildman–Crippen LogP) is 0.784. The fourth-order valence-electron chi connectivity index (χ4n) is 2.80. The Kier molecular flexibility index (Phi) is 4.45. The van der Waals surface area contributed by atoms with E-state index in [-0.39, 0.29) is 29.8 Å². The van der Waals surface area contributed by atoms with E-state index in [1.807, 2.05) is 13.8 Å². The van der Waals surface area contributed by atoms with E-state index in [2.05, 4.69) is 5.32 Å². The van der Waals surface area contributed by atoms with Crippen LogP contribution in [0.15, 0.2) is 0 Å². The van der Waals surface area contributed by atoms with Gasteiger partial charge in [-0.3, -0.25) is 9.59 Å². The molecule has 0 spiro atoms. The maximum absolute atomic E-state index is 12.5. The first-order chi connectivity index (χ1) is 9.06. The Morgan fingerprint density at radius 1 is 1.37 bits per heavy atom. The second kappa shape index (κ2) is 5.90. The van der Waals surface area contributed by atoms with Crippen molar-refractivity contribution < 1.29 is 14.3 Å². The van der Waals surface area contributed by atoms with Crippen molar-refractivity contribution in [2.24, 2.45) is 11.8 Å². The minimum atomic E-state index is -0.334. The monoisotopic (exact) mass is 268 g/mol. The van der Waals surface area contributed by atoms with Gasteiger partial charge in [-0.25, -0.2) is 0 Å². The molecule has 0 aromatic carbocycles. The lowest BCUT2D eigenvalue weighted by Crippen LogP contribution is -2.65. The lowest BCUT2D eigenvalue weighted by atomic mass is 9.95.